The Bertz CT molecular complexity index is 955. The highest BCUT2D eigenvalue weighted by Gasteiger charge is 2.15. The van der Waals surface area contributed by atoms with Crippen molar-refractivity contribution in [2.75, 3.05) is 5.32 Å². The van der Waals surface area contributed by atoms with E-state index in [4.69, 9.17) is 4.42 Å². The van der Waals surface area contributed by atoms with E-state index in [1.165, 1.54) is 24.6 Å². The summed E-state index contributed by atoms with van der Waals surface area (Å²) < 4.78 is 32.3. The molecule has 25 heavy (non-hydrogen) atoms. The van der Waals surface area contributed by atoms with Gasteiger partial charge in [0.1, 0.15) is 5.76 Å². The van der Waals surface area contributed by atoms with E-state index < -0.39 is 10.0 Å². The van der Waals surface area contributed by atoms with Gasteiger partial charge in [-0.25, -0.2) is 13.1 Å². The number of carbonyl (C=O) groups excluding carboxylic acids is 1. The molecule has 1 aromatic carbocycles. The van der Waals surface area contributed by atoms with Gasteiger partial charge in [0, 0.05) is 18.1 Å². The van der Waals surface area contributed by atoms with Gasteiger partial charge in [0.2, 0.25) is 10.0 Å². The van der Waals surface area contributed by atoms with Crippen LogP contribution in [0.25, 0.3) is 0 Å². The van der Waals surface area contributed by atoms with E-state index in [1.54, 1.807) is 42.6 Å². The smallest absolute Gasteiger partial charge is 0.257 e. The van der Waals surface area contributed by atoms with Crippen LogP contribution in [-0.2, 0) is 16.6 Å². The third kappa shape index (κ3) is 4.31. The molecule has 0 bridgehead atoms. The number of carbonyl (C=O) groups is 1. The molecule has 0 spiro atoms. The molecular weight excluding hydrogens is 342 g/mol. The van der Waals surface area contributed by atoms with Crippen molar-refractivity contribution in [3.05, 3.63) is 78.5 Å². The highest BCUT2D eigenvalue weighted by molar-refractivity contribution is 7.89. The van der Waals surface area contributed by atoms with E-state index in [1.807, 2.05) is 0 Å². The average Bonchev–Trinajstić information content (AvgIpc) is 3.15. The number of hydrogen-bond acceptors (Lipinski definition) is 5. The minimum atomic E-state index is -3.73. The van der Waals surface area contributed by atoms with E-state index in [2.05, 4.69) is 15.0 Å². The maximum Gasteiger partial charge on any atom is 0.257 e. The molecule has 2 aromatic heterocycles. The SMILES string of the molecule is O=C(Nc1cccc(S(=O)(=O)NCc2ccco2)c1)c1cccnc1. The molecule has 8 heteroatoms. The van der Waals surface area contributed by atoms with Crippen molar-refractivity contribution in [1.29, 1.82) is 0 Å². The lowest BCUT2D eigenvalue weighted by molar-refractivity contribution is 0.102. The van der Waals surface area contributed by atoms with Crippen LogP contribution in [-0.4, -0.2) is 19.3 Å². The lowest BCUT2D eigenvalue weighted by Crippen LogP contribution is -2.23. The molecule has 3 rings (SSSR count). The molecule has 0 radical (unpaired) electrons. The fraction of sp³-hybridized carbons (Fsp3) is 0.0588. The monoisotopic (exact) mass is 357 g/mol. The number of aromatic nitrogens is 1. The van der Waals surface area contributed by atoms with E-state index >= 15 is 0 Å². The summed E-state index contributed by atoms with van der Waals surface area (Å²) in [7, 11) is -3.73. The third-order valence-corrected chi connectivity index (χ3v) is 4.74. The van der Waals surface area contributed by atoms with Crippen LogP contribution >= 0.6 is 0 Å². The van der Waals surface area contributed by atoms with Crippen LogP contribution in [0.5, 0.6) is 0 Å². The number of benzene rings is 1. The Hall–Kier alpha value is -2.97. The molecule has 0 aliphatic heterocycles. The largest absolute Gasteiger partial charge is 0.468 e. The van der Waals surface area contributed by atoms with Gasteiger partial charge < -0.3 is 9.73 Å². The highest BCUT2D eigenvalue weighted by atomic mass is 32.2. The Morgan fingerprint density at radius 2 is 2.00 bits per heavy atom. The molecule has 2 N–H and O–H groups in total. The lowest BCUT2D eigenvalue weighted by Gasteiger charge is -2.09. The third-order valence-electron chi connectivity index (χ3n) is 3.34. The minimum Gasteiger partial charge on any atom is -0.468 e. The molecule has 1 amide bonds. The van der Waals surface area contributed by atoms with E-state index in [-0.39, 0.29) is 17.3 Å². The summed E-state index contributed by atoms with van der Waals surface area (Å²) in [5.41, 5.74) is 0.751. The van der Waals surface area contributed by atoms with Gasteiger partial charge in [0.15, 0.2) is 0 Å². The van der Waals surface area contributed by atoms with Gasteiger partial charge in [-0.15, -0.1) is 0 Å². The molecule has 0 unspecified atom stereocenters. The van der Waals surface area contributed by atoms with Crippen LogP contribution in [0.1, 0.15) is 16.1 Å². The molecule has 0 fully saturated rings. The quantitative estimate of drug-likeness (QED) is 0.705. The maximum atomic E-state index is 12.4. The average molecular weight is 357 g/mol. The van der Waals surface area contributed by atoms with Crippen LogP contribution in [0, 0.1) is 0 Å². The molecule has 3 aromatic rings. The molecule has 0 atom stereocenters. The number of nitrogens with one attached hydrogen (secondary N) is 2. The number of sulfonamides is 1. The van der Waals surface area contributed by atoms with Gasteiger partial charge >= 0.3 is 0 Å². The van der Waals surface area contributed by atoms with Gasteiger partial charge in [0.05, 0.1) is 23.3 Å². The van der Waals surface area contributed by atoms with Crippen molar-refractivity contribution in [2.24, 2.45) is 0 Å². The molecule has 0 saturated carbocycles. The first-order valence-corrected chi connectivity index (χ1v) is 8.86. The van der Waals surface area contributed by atoms with Crippen molar-refractivity contribution in [3.8, 4) is 0 Å². The van der Waals surface area contributed by atoms with Crippen LogP contribution in [0.3, 0.4) is 0 Å². The van der Waals surface area contributed by atoms with Gasteiger partial charge in [-0.3, -0.25) is 9.78 Å². The number of anilines is 1. The van der Waals surface area contributed by atoms with E-state index in [0.717, 1.165) is 0 Å². The van der Waals surface area contributed by atoms with E-state index in [0.29, 0.717) is 17.0 Å². The number of nitrogens with zero attached hydrogens (tertiary/aromatic N) is 1. The predicted octanol–water partition coefficient (Wildman–Crippen LogP) is 2.41. The zero-order valence-corrected chi connectivity index (χ0v) is 13.9. The first-order chi connectivity index (χ1) is 12.0. The fourth-order valence-electron chi connectivity index (χ4n) is 2.10. The summed E-state index contributed by atoms with van der Waals surface area (Å²) in [6.07, 6.45) is 4.47. The molecule has 2 heterocycles. The molecular formula is C17H15N3O4S. The summed E-state index contributed by atoms with van der Waals surface area (Å²) in [4.78, 5) is 16.0. The van der Waals surface area contributed by atoms with Crippen molar-refractivity contribution >= 4 is 21.6 Å². The summed E-state index contributed by atoms with van der Waals surface area (Å²) in [5, 5.41) is 2.65. The Morgan fingerprint density at radius 1 is 1.12 bits per heavy atom. The van der Waals surface area contributed by atoms with Crippen LogP contribution in [0.4, 0.5) is 5.69 Å². The van der Waals surface area contributed by atoms with Crippen molar-refractivity contribution in [3.63, 3.8) is 0 Å². The standard InChI is InChI=1S/C17H15N3O4S/c21-17(13-4-2-8-18-11-13)20-14-5-1-7-16(10-14)25(22,23)19-12-15-6-3-9-24-15/h1-11,19H,12H2,(H,20,21). The Morgan fingerprint density at radius 3 is 2.72 bits per heavy atom. The molecule has 7 nitrogen and oxygen atoms in total. The summed E-state index contributed by atoms with van der Waals surface area (Å²) >= 11 is 0. The van der Waals surface area contributed by atoms with Crippen LogP contribution < -0.4 is 10.0 Å². The second-order valence-corrected chi connectivity index (χ2v) is 6.89. The van der Waals surface area contributed by atoms with Crippen LogP contribution in [0.15, 0.2) is 76.5 Å². The summed E-state index contributed by atoms with van der Waals surface area (Å²) in [5.74, 6) is 0.135. The minimum absolute atomic E-state index is 0.0433. The zero-order chi connectivity index (χ0) is 17.7. The molecule has 0 aliphatic rings. The predicted molar refractivity (Wildman–Crippen MR) is 91.4 cm³/mol. The van der Waals surface area contributed by atoms with Gasteiger partial charge in [-0.1, -0.05) is 6.07 Å². The van der Waals surface area contributed by atoms with Gasteiger partial charge in [-0.2, -0.15) is 0 Å². The number of pyridine rings is 1. The number of hydrogen-bond donors (Lipinski definition) is 2. The highest BCUT2D eigenvalue weighted by Crippen LogP contribution is 2.16. The van der Waals surface area contributed by atoms with Gasteiger partial charge in [0.25, 0.3) is 5.91 Å². The van der Waals surface area contributed by atoms with Crippen LogP contribution in [0.2, 0.25) is 0 Å². The second kappa shape index (κ2) is 7.29. The topological polar surface area (TPSA) is 101 Å². The Kier molecular flexibility index (Phi) is 4.92. The number of furan rings is 1. The zero-order valence-electron chi connectivity index (χ0n) is 13.0. The van der Waals surface area contributed by atoms with Crippen molar-refractivity contribution < 1.29 is 17.6 Å². The Labute approximate surface area is 144 Å². The van der Waals surface area contributed by atoms with Gasteiger partial charge in [-0.05, 0) is 42.5 Å². The van der Waals surface area contributed by atoms with E-state index in [9.17, 15) is 13.2 Å². The Balaban J connectivity index is 1.73. The summed E-state index contributed by atoms with van der Waals surface area (Å²) in [6, 6.07) is 12.6. The normalized spacial score (nSPS) is 11.2. The number of rotatable bonds is 6. The first kappa shape index (κ1) is 16.9. The molecule has 0 saturated heterocycles. The molecule has 128 valence electrons. The van der Waals surface area contributed by atoms with Crippen molar-refractivity contribution in [1.82, 2.24) is 9.71 Å². The summed E-state index contributed by atoms with van der Waals surface area (Å²) in [6.45, 7) is 0.0433. The number of amides is 1. The lowest BCUT2D eigenvalue weighted by atomic mass is 10.2. The fourth-order valence-corrected chi connectivity index (χ4v) is 3.14. The molecule has 0 aliphatic carbocycles. The first-order valence-electron chi connectivity index (χ1n) is 7.38. The van der Waals surface area contributed by atoms with Crippen molar-refractivity contribution in [2.45, 2.75) is 11.4 Å². The maximum absolute atomic E-state index is 12.4. The second-order valence-electron chi connectivity index (χ2n) is 5.13.